The zero-order valence-electron chi connectivity index (χ0n) is 12.7. The van der Waals surface area contributed by atoms with Crippen molar-refractivity contribution >= 4 is 11.6 Å². The highest BCUT2D eigenvalue weighted by atomic mass is 35.5. The van der Waals surface area contributed by atoms with Gasteiger partial charge in [0.15, 0.2) is 0 Å². The van der Waals surface area contributed by atoms with Gasteiger partial charge in [-0.25, -0.2) is 4.68 Å². The van der Waals surface area contributed by atoms with Crippen LogP contribution >= 0.6 is 11.6 Å². The number of hydrogen-bond donors (Lipinski definition) is 2. The second-order valence-electron chi connectivity index (χ2n) is 6.20. The Balaban J connectivity index is 2.62. The molecule has 0 fully saturated rings. The number of nitrogens with two attached hydrogens (primary N) is 1. The number of benzene rings is 1. The minimum absolute atomic E-state index is 0.0403. The van der Waals surface area contributed by atoms with Crippen molar-refractivity contribution in [3.05, 3.63) is 50.9 Å². The number of nitrogens with zero attached hydrogens (tertiary/aromatic N) is 1. The zero-order valence-corrected chi connectivity index (χ0v) is 13.5. The van der Waals surface area contributed by atoms with Crippen LogP contribution in [-0.4, -0.2) is 16.3 Å². The third-order valence-corrected chi connectivity index (χ3v) is 3.78. The molecule has 0 atom stereocenters. The van der Waals surface area contributed by atoms with Crippen LogP contribution in [0, 0.1) is 0 Å². The summed E-state index contributed by atoms with van der Waals surface area (Å²) in [5.74, 6) is 0. The van der Waals surface area contributed by atoms with Gasteiger partial charge in [0.25, 0.3) is 5.56 Å². The average Bonchev–Trinajstić information content (AvgIpc) is 2.74. The van der Waals surface area contributed by atoms with Gasteiger partial charge in [0.05, 0.1) is 10.7 Å². The Labute approximate surface area is 129 Å². The fourth-order valence-corrected chi connectivity index (χ4v) is 2.63. The van der Waals surface area contributed by atoms with Crippen molar-refractivity contribution < 1.29 is 0 Å². The predicted molar refractivity (Wildman–Crippen MR) is 87.5 cm³/mol. The third-order valence-electron chi connectivity index (χ3n) is 3.46. The first kappa shape index (κ1) is 15.9. The van der Waals surface area contributed by atoms with Crippen LogP contribution in [0.4, 0.5) is 0 Å². The van der Waals surface area contributed by atoms with E-state index < -0.39 is 0 Å². The lowest BCUT2D eigenvalue weighted by Crippen LogP contribution is -2.19. The molecule has 3 N–H and O–H groups in total. The van der Waals surface area contributed by atoms with E-state index in [9.17, 15) is 4.79 Å². The van der Waals surface area contributed by atoms with Crippen LogP contribution in [0.1, 0.15) is 38.4 Å². The number of aromatic amines is 1. The smallest absolute Gasteiger partial charge is 0.274 e. The summed E-state index contributed by atoms with van der Waals surface area (Å²) >= 11 is 6.21. The van der Waals surface area contributed by atoms with Gasteiger partial charge in [-0.2, -0.15) is 0 Å². The summed E-state index contributed by atoms with van der Waals surface area (Å²) in [5.41, 5.74) is 7.82. The van der Waals surface area contributed by atoms with Gasteiger partial charge in [-0.3, -0.25) is 9.89 Å². The van der Waals surface area contributed by atoms with Crippen LogP contribution in [0.15, 0.2) is 29.1 Å². The topological polar surface area (TPSA) is 63.8 Å². The second kappa shape index (κ2) is 6.08. The number of rotatable bonds is 4. The van der Waals surface area contributed by atoms with Crippen molar-refractivity contribution in [3.8, 4) is 5.69 Å². The van der Waals surface area contributed by atoms with Gasteiger partial charge in [-0.1, -0.05) is 44.5 Å². The van der Waals surface area contributed by atoms with Crippen LogP contribution in [0.5, 0.6) is 0 Å². The Morgan fingerprint density at radius 2 is 1.95 bits per heavy atom. The Kier molecular flexibility index (Phi) is 4.59. The molecule has 0 saturated heterocycles. The zero-order chi connectivity index (χ0) is 15.6. The van der Waals surface area contributed by atoms with E-state index in [0.717, 1.165) is 17.7 Å². The van der Waals surface area contributed by atoms with Gasteiger partial charge in [0.1, 0.15) is 0 Å². The Hall–Kier alpha value is -1.52. The van der Waals surface area contributed by atoms with E-state index in [1.54, 1.807) is 6.07 Å². The third kappa shape index (κ3) is 3.22. The maximum atomic E-state index is 12.7. The molecule has 0 radical (unpaired) electrons. The lowest BCUT2D eigenvalue weighted by molar-refractivity contribution is 0.553. The second-order valence-corrected chi connectivity index (χ2v) is 6.61. The highest BCUT2D eigenvalue weighted by Crippen LogP contribution is 2.25. The quantitative estimate of drug-likeness (QED) is 0.912. The van der Waals surface area contributed by atoms with Crippen molar-refractivity contribution in [3.63, 3.8) is 0 Å². The first-order valence-electron chi connectivity index (χ1n) is 7.15. The summed E-state index contributed by atoms with van der Waals surface area (Å²) < 4.78 is 1.54. The number of para-hydroxylation sites is 1. The van der Waals surface area contributed by atoms with Gasteiger partial charge in [-0.05, 0) is 31.5 Å². The molecule has 1 aromatic heterocycles. The van der Waals surface area contributed by atoms with Gasteiger partial charge < -0.3 is 5.73 Å². The van der Waals surface area contributed by atoms with Crippen molar-refractivity contribution in [2.45, 2.75) is 39.0 Å². The number of nitrogens with one attached hydrogen (secondary N) is 1. The van der Waals surface area contributed by atoms with Crippen molar-refractivity contribution in [2.24, 2.45) is 5.73 Å². The molecular formula is C16H22ClN3O. The average molecular weight is 308 g/mol. The maximum Gasteiger partial charge on any atom is 0.274 e. The molecule has 0 aliphatic heterocycles. The molecule has 2 rings (SSSR count). The molecule has 0 saturated carbocycles. The van der Waals surface area contributed by atoms with Crippen LogP contribution < -0.4 is 11.3 Å². The van der Waals surface area contributed by atoms with Crippen molar-refractivity contribution in [1.29, 1.82) is 0 Å². The number of halogens is 1. The summed E-state index contributed by atoms with van der Waals surface area (Å²) in [6.45, 7) is 6.82. The molecule has 1 heterocycles. The molecule has 2 aromatic rings. The first-order valence-corrected chi connectivity index (χ1v) is 7.53. The molecule has 0 unspecified atom stereocenters. The predicted octanol–water partition coefficient (Wildman–Crippen LogP) is 3.01. The van der Waals surface area contributed by atoms with E-state index in [1.165, 1.54) is 4.68 Å². The van der Waals surface area contributed by atoms with Gasteiger partial charge in [0.2, 0.25) is 0 Å². The van der Waals surface area contributed by atoms with E-state index >= 15 is 0 Å². The fourth-order valence-electron chi connectivity index (χ4n) is 2.41. The van der Waals surface area contributed by atoms with Crippen molar-refractivity contribution in [1.82, 2.24) is 9.78 Å². The summed E-state index contributed by atoms with van der Waals surface area (Å²) in [5, 5.41) is 3.78. The molecule has 21 heavy (non-hydrogen) atoms. The molecule has 4 nitrogen and oxygen atoms in total. The molecule has 1 aromatic carbocycles. The van der Waals surface area contributed by atoms with E-state index in [4.69, 9.17) is 17.3 Å². The summed E-state index contributed by atoms with van der Waals surface area (Å²) in [7, 11) is 0. The fraction of sp³-hybridized carbons (Fsp3) is 0.438. The van der Waals surface area contributed by atoms with Gasteiger partial charge in [-0.15, -0.1) is 0 Å². The van der Waals surface area contributed by atoms with Gasteiger partial charge in [0, 0.05) is 16.7 Å². The monoisotopic (exact) mass is 307 g/mol. The van der Waals surface area contributed by atoms with E-state index in [1.807, 2.05) is 18.2 Å². The minimum Gasteiger partial charge on any atom is -0.330 e. The highest BCUT2D eigenvalue weighted by Gasteiger charge is 2.24. The molecule has 114 valence electrons. The number of H-pyrrole nitrogens is 1. The standard InChI is InChI=1S/C16H22ClN3O/c1-16(2,3)14-11(7-6-10-18)15(21)20(19-14)13-9-5-4-8-12(13)17/h4-5,8-9,19H,6-7,10,18H2,1-3H3. The van der Waals surface area contributed by atoms with E-state index in [0.29, 0.717) is 23.7 Å². The number of hydrogen-bond acceptors (Lipinski definition) is 2. The maximum absolute atomic E-state index is 12.7. The Morgan fingerprint density at radius 1 is 1.29 bits per heavy atom. The molecular weight excluding hydrogens is 286 g/mol. The van der Waals surface area contributed by atoms with Crippen LogP contribution in [0.3, 0.4) is 0 Å². The minimum atomic E-state index is -0.143. The normalized spacial score (nSPS) is 11.9. The molecule has 0 bridgehead atoms. The molecule has 5 heteroatoms. The molecule has 0 aliphatic carbocycles. The molecule has 0 aliphatic rings. The number of aromatic nitrogens is 2. The summed E-state index contributed by atoms with van der Waals surface area (Å²) in [4.78, 5) is 12.7. The van der Waals surface area contributed by atoms with Crippen LogP contribution in [-0.2, 0) is 11.8 Å². The first-order chi connectivity index (χ1) is 9.86. The molecule has 0 amide bonds. The van der Waals surface area contributed by atoms with E-state index in [-0.39, 0.29) is 11.0 Å². The summed E-state index contributed by atoms with van der Waals surface area (Å²) in [6, 6.07) is 7.32. The lowest BCUT2D eigenvalue weighted by atomic mass is 9.88. The van der Waals surface area contributed by atoms with E-state index in [2.05, 4.69) is 25.9 Å². The Morgan fingerprint density at radius 3 is 2.52 bits per heavy atom. The SMILES string of the molecule is CC(C)(C)c1[nH]n(-c2ccccc2Cl)c(=O)c1CCCN. The van der Waals surface area contributed by atoms with Crippen LogP contribution in [0.25, 0.3) is 5.69 Å². The lowest BCUT2D eigenvalue weighted by Gasteiger charge is -2.18. The molecule has 0 spiro atoms. The Bertz CT molecular complexity index is 680. The van der Waals surface area contributed by atoms with Crippen molar-refractivity contribution in [2.75, 3.05) is 6.54 Å². The highest BCUT2D eigenvalue weighted by molar-refractivity contribution is 6.32. The van der Waals surface area contributed by atoms with Crippen LogP contribution in [0.2, 0.25) is 5.02 Å². The summed E-state index contributed by atoms with van der Waals surface area (Å²) in [6.07, 6.45) is 1.47. The van der Waals surface area contributed by atoms with Gasteiger partial charge >= 0.3 is 0 Å². The largest absolute Gasteiger partial charge is 0.330 e.